The molecular formula is C12H14O2. The molecule has 1 aromatic rings. The first kappa shape index (κ1) is 8.30. The van der Waals surface area contributed by atoms with E-state index in [0.717, 1.165) is 5.75 Å². The Labute approximate surface area is 83.8 Å². The fraction of sp³-hybridized carbons (Fsp3) is 0.500. The van der Waals surface area contributed by atoms with Crippen LogP contribution >= 0.6 is 0 Å². The van der Waals surface area contributed by atoms with E-state index in [1.54, 1.807) is 7.11 Å². The molecule has 0 N–H and O–H groups in total. The fourth-order valence-corrected chi connectivity index (χ4v) is 2.26. The van der Waals surface area contributed by atoms with E-state index >= 15 is 0 Å². The zero-order valence-electron chi connectivity index (χ0n) is 8.32. The number of methoxy groups -OCH3 is 1. The first-order valence-electron chi connectivity index (χ1n) is 5.16. The number of ether oxygens (including phenoxy) is 2. The van der Waals surface area contributed by atoms with Gasteiger partial charge in [0.15, 0.2) is 0 Å². The molecule has 1 saturated heterocycles. The second-order valence-corrected chi connectivity index (χ2v) is 4.19. The highest BCUT2D eigenvalue weighted by atomic mass is 16.6. The Kier molecular flexibility index (Phi) is 1.62. The first-order chi connectivity index (χ1) is 6.84. The highest BCUT2D eigenvalue weighted by molar-refractivity contribution is 5.33. The van der Waals surface area contributed by atoms with Crippen molar-refractivity contribution in [3.05, 3.63) is 29.8 Å². The summed E-state index contributed by atoms with van der Waals surface area (Å²) in [6, 6.07) is 8.22. The van der Waals surface area contributed by atoms with Gasteiger partial charge in [0.25, 0.3) is 0 Å². The molecule has 1 aromatic carbocycles. The average molecular weight is 190 g/mol. The molecule has 0 amide bonds. The van der Waals surface area contributed by atoms with Crippen molar-refractivity contribution in [2.75, 3.05) is 7.11 Å². The van der Waals surface area contributed by atoms with Gasteiger partial charge in [0.2, 0.25) is 0 Å². The van der Waals surface area contributed by atoms with Gasteiger partial charge in [-0.05, 0) is 37.0 Å². The summed E-state index contributed by atoms with van der Waals surface area (Å²) in [4.78, 5) is 0. The minimum Gasteiger partial charge on any atom is -0.497 e. The molecule has 3 rings (SSSR count). The minimum atomic E-state index is 0.245. The van der Waals surface area contributed by atoms with Crippen molar-refractivity contribution in [3.8, 4) is 5.75 Å². The van der Waals surface area contributed by atoms with Gasteiger partial charge in [0, 0.05) is 0 Å². The largest absolute Gasteiger partial charge is 0.497 e. The third-order valence-electron chi connectivity index (χ3n) is 3.39. The quantitative estimate of drug-likeness (QED) is 0.669. The summed E-state index contributed by atoms with van der Waals surface area (Å²) < 4.78 is 10.9. The second-order valence-electron chi connectivity index (χ2n) is 4.19. The molecule has 0 aromatic heterocycles. The Bertz CT molecular complexity index is 338. The summed E-state index contributed by atoms with van der Waals surface area (Å²) in [5.41, 5.74) is 1.54. The second kappa shape index (κ2) is 2.74. The summed E-state index contributed by atoms with van der Waals surface area (Å²) in [6.07, 6.45) is 4.17. The Balaban J connectivity index is 1.78. The van der Waals surface area contributed by atoms with E-state index < -0.39 is 0 Å². The van der Waals surface area contributed by atoms with Crippen molar-refractivity contribution in [3.63, 3.8) is 0 Å². The van der Waals surface area contributed by atoms with Crippen molar-refractivity contribution < 1.29 is 9.47 Å². The maximum Gasteiger partial charge on any atom is 0.118 e. The normalized spacial score (nSPS) is 27.1. The lowest BCUT2D eigenvalue weighted by atomic mass is 9.80. The van der Waals surface area contributed by atoms with E-state index in [1.807, 2.05) is 12.1 Å². The molecule has 1 aliphatic heterocycles. The van der Waals surface area contributed by atoms with Crippen LogP contribution in [0, 0.1) is 0 Å². The smallest absolute Gasteiger partial charge is 0.118 e. The Morgan fingerprint density at radius 3 is 2.43 bits per heavy atom. The van der Waals surface area contributed by atoms with Gasteiger partial charge in [-0.25, -0.2) is 0 Å². The third kappa shape index (κ3) is 1.07. The van der Waals surface area contributed by atoms with Gasteiger partial charge in [-0.2, -0.15) is 0 Å². The van der Waals surface area contributed by atoms with Gasteiger partial charge in [0.05, 0.1) is 12.7 Å². The van der Waals surface area contributed by atoms with Crippen LogP contribution in [0.5, 0.6) is 5.75 Å². The SMILES string of the molecule is COc1ccc([C@H]2OC23CCC3)cc1. The molecule has 1 atom stereocenters. The van der Waals surface area contributed by atoms with E-state index in [2.05, 4.69) is 12.1 Å². The highest BCUT2D eigenvalue weighted by Crippen LogP contribution is 2.61. The standard InChI is InChI=1S/C12H14O2/c1-13-10-5-3-9(4-6-10)11-12(14-11)7-2-8-12/h3-6,11H,2,7-8H2,1H3/t11-/m1/s1. The van der Waals surface area contributed by atoms with Gasteiger partial charge >= 0.3 is 0 Å². The van der Waals surface area contributed by atoms with Gasteiger partial charge in [0.1, 0.15) is 11.9 Å². The lowest BCUT2D eigenvalue weighted by Gasteiger charge is -2.21. The molecule has 1 saturated carbocycles. The van der Waals surface area contributed by atoms with Crippen LogP contribution in [0.25, 0.3) is 0 Å². The Morgan fingerprint density at radius 2 is 2.00 bits per heavy atom. The number of hydrogen-bond donors (Lipinski definition) is 0. The maximum atomic E-state index is 5.76. The Hall–Kier alpha value is -1.02. The van der Waals surface area contributed by atoms with Crippen LogP contribution < -0.4 is 4.74 Å². The summed E-state index contributed by atoms with van der Waals surface area (Å²) in [7, 11) is 1.69. The summed E-state index contributed by atoms with van der Waals surface area (Å²) in [6.45, 7) is 0. The third-order valence-corrected chi connectivity index (χ3v) is 3.39. The van der Waals surface area contributed by atoms with Crippen LogP contribution in [0.3, 0.4) is 0 Å². The summed E-state index contributed by atoms with van der Waals surface area (Å²) >= 11 is 0. The lowest BCUT2D eigenvalue weighted by molar-refractivity contribution is 0.198. The van der Waals surface area contributed by atoms with E-state index in [9.17, 15) is 0 Å². The van der Waals surface area contributed by atoms with E-state index in [-0.39, 0.29) is 5.60 Å². The maximum absolute atomic E-state index is 5.76. The zero-order valence-corrected chi connectivity index (χ0v) is 8.32. The predicted molar refractivity (Wildman–Crippen MR) is 53.4 cm³/mol. The van der Waals surface area contributed by atoms with Crippen molar-refractivity contribution >= 4 is 0 Å². The highest BCUT2D eigenvalue weighted by Gasteiger charge is 2.60. The number of benzene rings is 1. The van der Waals surface area contributed by atoms with Crippen molar-refractivity contribution in [2.45, 2.75) is 31.0 Å². The number of rotatable bonds is 2. The molecule has 2 aliphatic rings. The van der Waals surface area contributed by atoms with Gasteiger partial charge in [-0.1, -0.05) is 12.1 Å². The van der Waals surface area contributed by atoms with Gasteiger partial charge < -0.3 is 9.47 Å². The van der Waals surface area contributed by atoms with Crippen LogP contribution in [0.4, 0.5) is 0 Å². The molecule has 0 radical (unpaired) electrons. The molecule has 1 heterocycles. The lowest BCUT2D eigenvalue weighted by Crippen LogP contribution is -2.22. The summed E-state index contributed by atoms with van der Waals surface area (Å²) in [5.74, 6) is 0.914. The molecular weight excluding hydrogens is 176 g/mol. The molecule has 1 spiro atoms. The van der Waals surface area contributed by atoms with Crippen molar-refractivity contribution in [1.82, 2.24) is 0 Å². The van der Waals surface area contributed by atoms with E-state index in [4.69, 9.17) is 9.47 Å². The number of epoxide rings is 1. The van der Waals surface area contributed by atoms with Crippen LogP contribution in [0.1, 0.15) is 30.9 Å². The van der Waals surface area contributed by atoms with Crippen molar-refractivity contribution in [1.29, 1.82) is 0 Å². The molecule has 2 nitrogen and oxygen atoms in total. The fourth-order valence-electron chi connectivity index (χ4n) is 2.26. The van der Waals surface area contributed by atoms with Gasteiger partial charge in [-0.15, -0.1) is 0 Å². The van der Waals surface area contributed by atoms with E-state index in [1.165, 1.54) is 24.8 Å². The zero-order chi connectivity index (χ0) is 9.60. The van der Waals surface area contributed by atoms with Crippen molar-refractivity contribution in [2.24, 2.45) is 0 Å². The predicted octanol–water partition coefficient (Wildman–Crippen LogP) is 2.69. The molecule has 74 valence electrons. The monoisotopic (exact) mass is 190 g/mol. The molecule has 14 heavy (non-hydrogen) atoms. The first-order valence-corrected chi connectivity index (χ1v) is 5.16. The molecule has 2 heteroatoms. The van der Waals surface area contributed by atoms with Crippen LogP contribution in [0.15, 0.2) is 24.3 Å². The van der Waals surface area contributed by atoms with Gasteiger partial charge in [-0.3, -0.25) is 0 Å². The minimum absolute atomic E-state index is 0.245. The molecule has 2 fully saturated rings. The van der Waals surface area contributed by atoms with Crippen LogP contribution in [0.2, 0.25) is 0 Å². The molecule has 0 unspecified atom stereocenters. The van der Waals surface area contributed by atoms with Crippen LogP contribution in [-0.4, -0.2) is 12.7 Å². The summed E-state index contributed by atoms with van der Waals surface area (Å²) in [5, 5.41) is 0. The molecule has 0 bridgehead atoms. The van der Waals surface area contributed by atoms with E-state index in [0.29, 0.717) is 6.10 Å². The van der Waals surface area contributed by atoms with Crippen LogP contribution in [-0.2, 0) is 4.74 Å². The average Bonchev–Trinajstić information content (AvgIpc) is 2.93. The molecule has 1 aliphatic carbocycles. The number of hydrogen-bond acceptors (Lipinski definition) is 2. The Morgan fingerprint density at radius 1 is 1.29 bits per heavy atom. The topological polar surface area (TPSA) is 21.8 Å².